The average molecular weight is 425 g/mol. The number of nitrogens with one attached hydrogen (secondary N) is 2. The van der Waals surface area contributed by atoms with E-state index in [4.69, 9.17) is 16.3 Å². The summed E-state index contributed by atoms with van der Waals surface area (Å²) in [5.41, 5.74) is 0.492. The van der Waals surface area contributed by atoms with Gasteiger partial charge in [0.15, 0.2) is 6.61 Å². The van der Waals surface area contributed by atoms with E-state index >= 15 is 0 Å². The van der Waals surface area contributed by atoms with Crippen molar-refractivity contribution >= 4 is 33.2 Å². The number of ether oxygens (including phenoxy) is 1. The van der Waals surface area contributed by atoms with E-state index in [1.165, 1.54) is 12.1 Å². The molecule has 0 spiro atoms. The van der Waals surface area contributed by atoms with Crippen LogP contribution in [-0.4, -0.2) is 27.5 Å². The van der Waals surface area contributed by atoms with Crippen LogP contribution < -0.4 is 14.8 Å². The Labute approximate surface area is 171 Å². The molecule has 2 rings (SSSR count). The van der Waals surface area contributed by atoms with Gasteiger partial charge in [0, 0.05) is 17.3 Å². The van der Waals surface area contributed by atoms with Crippen molar-refractivity contribution < 1.29 is 17.9 Å². The van der Waals surface area contributed by atoms with Gasteiger partial charge in [0.25, 0.3) is 5.91 Å². The molecule has 0 saturated heterocycles. The van der Waals surface area contributed by atoms with Crippen molar-refractivity contribution in [1.82, 2.24) is 4.72 Å². The minimum Gasteiger partial charge on any atom is -0.484 e. The van der Waals surface area contributed by atoms with E-state index in [1.54, 1.807) is 36.4 Å². The fraction of sp³-hybridized carbons (Fsp3) is 0.350. The molecule has 6 nitrogen and oxygen atoms in total. The van der Waals surface area contributed by atoms with E-state index < -0.39 is 10.0 Å². The van der Waals surface area contributed by atoms with Crippen molar-refractivity contribution in [3.05, 3.63) is 53.6 Å². The maximum absolute atomic E-state index is 12.3. The van der Waals surface area contributed by atoms with Crippen LogP contribution in [0.4, 0.5) is 5.69 Å². The Bertz CT molecular complexity index is 853. The van der Waals surface area contributed by atoms with E-state index in [-0.39, 0.29) is 17.4 Å². The molecule has 2 aromatic rings. The second-order valence-electron chi connectivity index (χ2n) is 6.27. The highest BCUT2D eigenvalue weighted by atomic mass is 35.5. The van der Waals surface area contributed by atoms with Crippen LogP contribution in [0.5, 0.6) is 5.75 Å². The number of unbranched alkanes of at least 4 members (excludes halogenated alkanes) is 3. The van der Waals surface area contributed by atoms with E-state index in [1.807, 2.05) is 0 Å². The van der Waals surface area contributed by atoms with Crippen molar-refractivity contribution in [2.24, 2.45) is 0 Å². The lowest BCUT2D eigenvalue weighted by atomic mass is 10.2. The fourth-order valence-corrected chi connectivity index (χ4v) is 3.64. The maximum Gasteiger partial charge on any atom is 0.262 e. The molecule has 2 aromatic carbocycles. The van der Waals surface area contributed by atoms with Gasteiger partial charge in [-0.05, 0) is 55.0 Å². The SMILES string of the molecule is CCCCCCNS(=O)(=O)c1ccc(NC(=O)COc2ccc(Cl)cc2)cc1. The number of anilines is 1. The highest BCUT2D eigenvalue weighted by molar-refractivity contribution is 7.89. The number of benzene rings is 2. The van der Waals surface area contributed by atoms with E-state index in [0.29, 0.717) is 23.0 Å². The molecule has 0 saturated carbocycles. The van der Waals surface area contributed by atoms with Gasteiger partial charge in [0.05, 0.1) is 4.90 Å². The first-order valence-corrected chi connectivity index (χ1v) is 11.0. The number of amides is 1. The lowest BCUT2D eigenvalue weighted by Gasteiger charge is -2.09. The Hall–Kier alpha value is -2.09. The summed E-state index contributed by atoms with van der Waals surface area (Å²) >= 11 is 5.79. The van der Waals surface area contributed by atoms with Crippen molar-refractivity contribution in [2.75, 3.05) is 18.5 Å². The molecule has 0 aliphatic rings. The smallest absolute Gasteiger partial charge is 0.262 e. The second-order valence-corrected chi connectivity index (χ2v) is 8.48. The summed E-state index contributed by atoms with van der Waals surface area (Å²) in [6.07, 6.45) is 4.01. The summed E-state index contributed by atoms with van der Waals surface area (Å²) in [6.45, 7) is 2.36. The molecule has 28 heavy (non-hydrogen) atoms. The summed E-state index contributed by atoms with van der Waals surface area (Å²) < 4.78 is 32.5. The predicted molar refractivity (Wildman–Crippen MR) is 111 cm³/mol. The van der Waals surface area contributed by atoms with Crippen LogP contribution in [0.2, 0.25) is 5.02 Å². The molecule has 0 fully saturated rings. The number of hydrogen-bond donors (Lipinski definition) is 2. The first kappa shape index (κ1) is 22.2. The first-order chi connectivity index (χ1) is 13.4. The topological polar surface area (TPSA) is 84.5 Å². The van der Waals surface area contributed by atoms with Gasteiger partial charge < -0.3 is 10.1 Å². The summed E-state index contributed by atoms with van der Waals surface area (Å²) in [6, 6.07) is 12.7. The molecule has 0 radical (unpaired) electrons. The molecule has 0 bridgehead atoms. The zero-order valence-corrected chi connectivity index (χ0v) is 17.4. The lowest BCUT2D eigenvalue weighted by molar-refractivity contribution is -0.118. The second kappa shape index (κ2) is 11.0. The quantitative estimate of drug-likeness (QED) is 0.529. The van der Waals surface area contributed by atoms with Crippen LogP contribution in [0.25, 0.3) is 0 Å². The van der Waals surface area contributed by atoms with Crippen molar-refractivity contribution in [1.29, 1.82) is 0 Å². The zero-order valence-electron chi connectivity index (χ0n) is 15.8. The van der Waals surface area contributed by atoms with Gasteiger partial charge in [-0.2, -0.15) is 0 Å². The third-order valence-electron chi connectivity index (χ3n) is 3.95. The van der Waals surface area contributed by atoms with Crippen molar-refractivity contribution in [3.63, 3.8) is 0 Å². The predicted octanol–water partition coefficient (Wildman–Crippen LogP) is 4.22. The molecule has 0 aliphatic carbocycles. The van der Waals surface area contributed by atoms with Gasteiger partial charge in [-0.15, -0.1) is 0 Å². The first-order valence-electron chi connectivity index (χ1n) is 9.18. The monoisotopic (exact) mass is 424 g/mol. The highest BCUT2D eigenvalue weighted by Gasteiger charge is 2.13. The van der Waals surface area contributed by atoms with Gasteiger partial charge in [0.2, 0.25) is 10.0 Å². The number of carbonyl (C=O) groups excluding carboxylic acids is 1. The Kier molecular flexibility index (Phi) is 8.76. The summed E-state index contributed by atoms with van der Waals surface area (Å²) in [4.78, 5) is 12.1. The van der Waals surface area contributed by atoms with Crippen LogP contribution in [0, 0.1) is 0 Å². The molecule has 0 atom stereocenters. The Morgan fingerprint density at radius 2 is 1.68 bits per heavy atom. The van der Waals surface area contributed by atoms with Gasteiger partial charge >= 0.3 is 0 Å². The van der Waals surface area contributed by atoms with Crippen LogP contribution in [-0.2, 0) is 14.8 Å². The number of sulfonamides is 1. The van der Waals surface area contributed by atoms with E-state index in [2.05, 4.69) is 17.0 Å². The lowest BCUT2D eigenvalue weighted by Crippen LogP contribution is -2.25. The molecule has 0 aliphatic heterocycles. The van der Waals surface area contributed by atoms with Crippen LogP contribution in [0.15, 0.2) is 53.4 Å². The standard InChI is InChI=1S/C20H25ClN2O4S/c1-2-3-4-5-14-22-28(25,26)19-12-8-17(9-13-19)23-20(24)15-27-18-10-6-16(21)7-11-18/h6-13,22H,2-5,14-15H2,1H3,(H,23,24). The molecular formula is C20H25ClN2O4S. The van der Waals surface area contributed by atoms with Crippen LogP contribution in [0.3, 0.4) is 0 Å². The largest absolute Gasteiger partial charge is 0.484 e. The Balaban J connectivity index is 1.82. The number of rotatable bonds is 11. The summed E-state index contributed by atoms with van der Waals surface area (Å²) in [5.74, 6) is 0.186. The fourth-order valence-electron chi connectivity index (χ4n) is 2.44. The minimum absolute atomic E-state index is 0.165. The molecule has 0 heterocycles. The molecule has 8 heteroatoms. The molecule has 0 unspecified atom stereocenters. The minimum atomic E-state index is -3.54. The highest BCUT2D eigenvalue weighted by Crippen LogP contribution is 2.16. The molecule has 152 valence electrons. The van der Waals surface area contributed by atoms with Crippen molar-refractivity contribution in [2.45, 2.75) is 37.5 Å². The van der Waals surface area contributed by atoms with Gasteiger partial charge in [0.1, 0.15) is 5.75 Å². The van der Waals surface area contributed by atoms with Gasteiger partial charge in [-0.25, -0.2) is 13.1 Å². The normalized spacial score (nSPS) is 11.2. The molecular weight excluding hydrogens is 400 g/mol. The number of carbonyl (C=O) groups is 1. The summed E-state index contributed by atoms with van der Waals surface area (Å²) in [5, 5.41) is 3.25. The van der Waals surface area contributed by atoms with Crippen LogP contribution in [0.1, 0.15) is 32.6 Å². The molecule has 2 N–H and O–H groups in total. The van der Waals surface area contributed by atoms with Gasteiger partial charge in [-0.1, -0.05) is 37.8 Å². The number of hydrogen-bond acceptors (Lipinski definition) is 4. The van der Waals surface area contributed by atoms with Crippen LogP contribution >= 0.6 is 11.6 Å². The van der Waals surface area contributed by atoms with Gasteiger partial charge in [-0.3, -0.25) is 4.79 Å². The maximum atomic E-state index is 12.3. The molecule has 0 aromatic heterocycles. The Morgan fingerprint density at radius 1 is 1.00 bits per heavy atom. The number of halogens is 1. The summed E-state index contributed by atoms with van der Waals surface area (Å²) in [7, 11) is -3.54. The average Bonchev–Trinajstić information content (AvgIpc) is 2.68. The third kappa shape index (κ3) is 7.50. The third-order valence-corrected chi connectivity index (χ3v) is 5.68. The molecule has 1 amide bonds. The van der Waals surface area contributed by atoms with E-state index in [0.717, 1.165) is 25.7 Å². The zero-order chi connectivity index (χ0) is 20.4. The Morgan fingerprint density at radius 3 is 2.32 bits per heavy atom. The van der Waals surface area contributed by atoms with Crippen molar-refractivity contribution in [3.8, 4) is 5.75 Å². The van der Waals surface area contributed by atoms with E-state index in [9.17, 15) is 13.2 Å².